The molecule has 0 saturated carbocycles. The van der Waals surface area contributed by atoms with Gasteiger partial charge in [-0.2, -0.15) is 0 Å². The number of methoxy groups -OCH3 is 1. The number of carbonyl (C=O) groups is 1. The number of aromatic nitrogens is 1. The standard InChI is InChI=1S/C24H25N3O3/c1-17-8-10-18(11-9-17)24(29)12-14-27(16-24)23(28)21-7-4-13-25-22(21)26-19-5-3-6-20(15-19)30-2/h3-11,13,15,29H,12,14,16H2,1-2H3,(H,25,26)/t24-/m1/s1. The fraction of sp³-hybridized carbons (Fsp3) is 0.250. The van der Waals surface area contributed by atoms with Gasteiger partial charge in [-0.15, -0.1) is 0 Å². The first-order valence-electron chi connectivity index (χ1n) is 9.93. The SMILES string of the molecule is COc1cccc(Nc2ncccc2C(=O)N2CC[C@](O)(c3ccc(C)cc3)C2)c1. The largest absolute Gasteiger partial charge is 0.497 e. The van der Waals surface area contributed by atoms with Crippen LogP contribution in [-0.2, 0) is 5.60 Å². The number of likely N-dealkylation sites (tertiary alicyclic amines) is 1. The van der Waals surface area contributed by atoms with Gasteiger partial charge in [0.15, 0.2) is 0 Å². The Morgan fingerprint density at radius 1 is 1.17 bits per heavy atom. The molecule has 3 aromatic rings. The third kappa shape index (κ3) is 4.00. The van der Waals surface area contributed by atoms with Gasteiger partial charge in [0, 0.05) is 24.5 Å². The molecular formula is C24H25N3O3. The van der Waals surface area contributed by atoms with Gasteiger partial charge in [0.2, 0.25) is 0 Å². The fourth-order valence-electron chi connectivity index (χ4n) is 3.75. The van der Waals surface area contributed by atoms with E-state index in [1.807, 2.05) is 55.5 Å². The van der Waals surface area contributed by atoms with E-state index in [0.29, 0.717) is 30.1 Å². The molecule has 0 bridgehead atoms. The summed E-state index contributed by atoms with van der Waals surface area (Å²) in [5, 5.41) is 14.4. The minimum atomic E-state index is -1.04. The Balaban J connectivity index is 1.55. The highest BCUT2D eigenvalue weighted by molar-refractivity contribution is 5.99. The first-order chi connectivity index (χ1) is 14.5. The molecule has 6 nitrogen and oxygen atoms in total. The lowest BCUT2D eigenvalue weighted by Crippen LogP contribution is -2.34. The molecule has 2 N–H and O–H groups in total. The van der Waals surface area contributed by atoms with Crippen LogP contribution in [0.5, 0.6) is 5.75 Å². The first kappa shape index (κ1) is 19.9. The molecule has 0 aliphatic carbocycles. The second-order valence-corrected chi connectivity index (χ2v) is 7.63. The predicted octanol–water partition coefficient (Wildman–Crippen LogP) is 3.88. The van der Waals surface area contributed by atoms with Crippen LogP contribution in [-0.4, -0.2) is 41.1 Å². The number of nitrogens with one attached hydrogen (secondary N) is 1. The molecule has 154 valence electrons. The van der Waals surface area contributed by atoms with Gasteiger partial charge < -0.3 is 20.1 Å². The summed E-state index contributed by atoms with van der Waals surface area (Å²) in [5.41, 5.74) is 2.18. The zero-order valence-corrected chi connectivity index (χ0v) is 17.1. The van der Waals surface area contributed by atoms with Crippen molar-refractivity contribution >= 4 is 17.4 Å². The van der Waals surface area contributed by atoms with Gasteiger partial charge in [0.1, 0.15) is 17.2 Å². The zero-order chi connectivity index (χ0) is 21.1. The molecule has 1 aromatic heterocycles. The lowest BCUT2D eigenvalue weighted by Gasteiger charge is -2.24. The van der Waals surface area contributed by atoms with Crippen LogP contribution in [0, 0.1) is 6.92 Å². The molecule has 0 unspecified atom stereocenters. The highest BCUT2D eigenvalue weighted by Crippen LogP contribution is 2.33. The maximum absolute atomic E-state index is 13.3. The lowest BCUT2D eigenvalue weighted by atomic mass is 9.92. The lowest BCUT2D eigenvalue weighted by molar-refractivity contribution is 0.0417. The number of β-amino-alcohol motifs (C(OH)–C–C–N with tert-alkyl or cyclic N) is 1. The molecule has 2 heterocycles. The number of hydrogen-bond acceptors (Lipinski definition) is 5. The maximum Gasteiger partial charge on any atom is 0.257 e. The van der Waals surface area contributed by atoms with Crippen LogP contribution in [0.15, 0.2) is 66.9 Å². The number of pyridine rings is 1. The van der Waals surface area contributed by atoms with E-state index in [1.165, 1.54) is 0 Å². The average molecular weight is 403 g/mol. The molecule has 0 spiro atoms. The Morgan fingerprint density at radius 2 is 1.97 bits per heavy atom. The zero-order valence-electron chi connectivity index (χ0n) is 17.1. The summed E-state index contributed by atoms with van der Waals surface area (Å²) in [6.07, 6.45) is 2.15. The second kappa shape index (κ2) is 8.16. The number of anilines is 2. The van der Waals surface area contributed by atoms with Crippen LogP contribution >= 0.6 is 0 Å². The highest BCUT2D eigenvalue weighted by Gasteiger charge is 2.40. The Morgan fingerprint density at radius 3 is 2.73 bits per heavy atom. The number of hydrogen-bond donors (Lipinski definition) is 2. The van der Waals surface area contributed by atoms with Crippen molar-refractivity contribution in [3.8, 4) is 5.75 Å². The summed E-state index contributed by atoms with van der Waals surface area (Å²) in [6, 6.07) is 18.8. The Bertz CT molecular complexity index is 1050. The van der Waals surface area contributed by atoms with Crippen molar-refractivity contribution < 1.29 is 14.6 Å². The van der Waals surface area contributed by atoms with Gasteiger partial charge in [-0.3, -0.25) is 4.79 Å². The van der Waals surface area contributed by atoms with Crippen LogP contribution in [0.4, 0.5) is 11.5 Å². The van der Waals surface area contributed by atoms with Crippen molar-refractivity contribution in [3.05, 3.63) is 83.6 Å². The maximum atomic E-state index is 13.3. The second-order valence-electron chi connectivity index (χ2n) is 7.63. The quantitative estimate of drug-likeness (QED) is 0.676. The summed E-state index contributed by atoms with van der Waals surface area (Å²) in [6.45, 7) is 2.75. The van der Waals surface area contributed by atoms with Crippen LogP contribution in [0.25, 0.3) is 0 Å². The van der Waals surface area contributed by atoms with E-state index < -0.39 is 5.60 Å². The van der Waals surface area contributed by atoms with Gasteiger partial charge in [0.25, 0.3) is 5.91 Å². The minimum Gasteiger partial charge on any atom is -0.497 e. The van der Waals surface area contributed by atoms with Crippen LogP contribution in [0.2, 0.25) is 0 Å². The molecule has 1 saturated heterocycles. The highest BCUT2D eigenvalue weighted by atomic mass is 16.5. The van der Waals surface area contributed by atoms with Crippen molar-refractivity contribution in [3.63, 3.8) is 0 Å². The van der Waals surface area contributed by atoms with E-state index in [2.05, 4.69) is 10.3 Å². The summed E-state index contributed by atoms with van der Waals surface area (Å²) in [5.74, 6) is 1.03. The molecule has 0 radical (unpaired) electrons. The van der Waals surface area contributed by atoms with E-state index in [-0.39, 0.29) is 12.5 Å². The normalized spacial score (nSPS) is 18.3. The Hall–Kier alpha value is -3.38. The van der Waals surface area contributed by atoms with Crippen LogP contribution in [0.1, 0.15) is 27.9 Å². The summed E-state index contributed by atoms with van der Waals surface area (Å²) in [4.78, 5) is 19.3. The van der Waals surface area contributed by atoms with E-state index in [0.717, 1.165) is 16.8 Å². The van der Waals surface area contributed by atoms with E-state index in [4.69, 9.17) is 4.74 Å². The fourth-order valence-corrected chi connectivity index (χ4v) is 3.75. The number of ether oxygens (including phenoxy) is 1. The molecular weight excluding hydrogens is 378 g/mol. The van der Waals surface area contributed by atoms with Crippen LogP contribution < -0.4 is 10.1 Å². The molecule has 1 fully saturated rings. The van der Waals surface area contributed by atoms with Crippen LogP contribution in [0.3, 0.4) is 0 Å². The Kier molecular flexibility index (Phi) is 5.42. The van der Waals surface area contributed by atoms with Gasteiger partial charge >= 0.3 is 0 Å². The predicted molar refractivity (Wildman–Crippen MR) is 116 cm³/mol. The number of nitrogens with zero attached hydrogens (tertiary/aromatic N) is 2. The molecule has 30 heavy (non-hydrogen) atoms. The van der Waals surface area contributed by atoms with E-state index >= 15 is 0 Å². The number of amides is 1. The van der Waals surface area contributed by atoms with Crippen molar-refractivity contribution in [2.45, 2.75) is 18.9 Å². The van der Waals surface area contributed by atoms with Gasteiger partial charge in [0.05, 0.1) is 19.2 Å². The topological polar surface area (TPSA) is 74.7 Å². The molecule has 1 amide bonds. The first-order valence-corrected chi connectivity index (χ1v) is 9.93. The van der Waals surface area contributed by atoms with Crippen molar-refractivity contribution in [1.82, 2.24) is 9.88 Å². The Labute approximate surface area is 176 Å². The van der Waals surface area contributed by atoms with Gasteiger partial charge in [-0.1, -0.05) is 35.9 Å². The van der Waals surface area contributed by atoms with Gasteiger partial charge in [-0.05, 0) is 43.2 Å². The number of aliphatic hydroxyl groups is 1. The molecule has 1 atom stereocenters. The number of aryl methyl sites for hydroxylation is 1. The molecule has 2 aromatic carbocycles. The monoisotopic (exact) mass is 403 g/mol. The number of benzene rings is 2. The third-order valence-corrected chi connectivity index (χ3v) is 5.49. The van der Waals surface area contributed by atoms with Crippen molar-refractivity contribution in [2.24, 2.45) is 0 Å². The molecule has 1 aliphatic heterocycles. The number of carbonyl (C=O) groups excluding carboxylic acids is 1. The minimum absolute atomic E-state index is 0.156. The van der Waals surface area contributed by atoms with Crippen molar-refractivity contribution in [2.75, 3.05) is 25.5 Å². The van der Waals surface area contributed by atoms with Gasteiger partial charge in [-0.25, -0.2) is 4.98 Å². The molecule has 6 heteroatoms. The third-order valence-electron chi connectivity index (χ3n) is 5.49. The van der Waals surface area contributed by atoms with E-state index in [9.17, 15) is 9.90 Å². The summed E-state index contributed by atoms with van der Waals surface area (Å²) < 4.78 is 5.26. The van der Waals surface area contributed by atoms with E-state index in [1.54, 1.807) is 30.3 Å². The summed E-state index contributed by atoms with van der Waals surface area (Å²) >= 11 is 0. The smallest absolute Gasteiger partial charge is 0.257 e. The number of rotatable bonds is 5. The molecule has 1 aliphatic rings. The van der Waals surface area contributed by atoms with Crippen molar-refractivity contribution in [1.29, 1.82) is 0 Å². The average Bonchev–Trinajstić information content (AvgIpc) is 3.17. The molecule has 4 rings (SSSR count). The summed E-state index contributed by atoms with van der Waals surface area (Å²) in [7, 11) is 1.61.